The third kappa shape index (κ3) is 3.75. The van der Waals surface area contributed by atoms with Gasteiger partial charge in [0, 0.05) is 16.8 Å². The SMILES string of the molecule is CN=S(=O)(c1ccccc1)C(Sc1ccccc1)C(C)(O)C1=CCCC1. The van der Waals surface area contributed by atoms with E-state index in [9.17, 15) is 9.32 Å². The first-order valence-electron chi connectivity index (χ1n) is 8.81. The number of aliphatic hydroxyl groups is 1. The van der Waals surface area contributed by atoms with Crippen molar-refractivity contribution in [2.75, 3.05) is 7.05 Å². The van der Waals surface area contributed by atoms with Gasteiger partial charge in [-0.1, -0.05) is 42.5 Å². The van der Waals surface area contributed by atoms with Crippen LogP contribution in [0.4, 0.5) is 0 Å². The highest BCUT2D eigenvalue weighted by molar-refractivity contribution is 8.14. The van der Waals surface area contributed by atoms with E-state index in [4.69, 9.17) is 0 Å². The van der Waals surface area contributed by atoms with Gasteiger partial charge < -0.3 is 5.11 Å². The van der Waals surface area contributed by atoms with Crippen LogP contribution >= 0.6 is 11.8 Å². The Morgan fingerprint density at radius 1 is 1.12 bits per heavy atom. The van der Waals surface area contributed by atoms with E-state index < -0.39 is 19.9 Å². The second-order valence-corrected chi connectivity index (χ2v) is 10.5. The Kier molecular flexibility index (Phi) is 5.90. The lowest BCUT2D eigenvalue weighted by molar-refractivity contribution is 0.112. The van der Waals surface area contributed by atoms with Gasteiger partial charge in [0.15, 0.2) is 0 Å². The fraction of sp³-hybridized carbons (Fsp3) is 0.333. The molecule has 1 aliphatic carbocycles. The minimum absolute atomic E-state index is 0.603. The minimum atomic E-state index is -2.84. The summed E-state index contributed by atoms with van der Waals surface area (Å²) in [5.74, 6) is 0. The highest BCUT2D eigenvalue weighted by Crippen LogP contribution is 2.44. The molecule has 2 aromatic carbocycles. The molecule has 0 radical (unpaired) electrons. The highest BCUT2D eigenvalue weighted by Gasteiger charge is 2.44. The molecular weight excluding hydrogens is 362 g/mol. The van der Waals surface area contributed by atoms with E-state index in [2.05, 4.69) is 10.4 Å². The molecule has 1 aliphatic rings. The number of allylic oxidation sites excluding steroid dienone is 1. The number of hydrogen-bond donors (Lipinski definition) is 1. The number of hydrogen-bond acceptors (Lipinski definition) is 4. The van der Waals surface area contributed by atoms with Crippen molar-refractivity contribution in [2.24, 2.45) is 4.36 Å². The summed E-state index contributed by atoms with van der Waals surface area (Å²) in [7, 11) is -1.25. The Balaban J connectivity index is 2.12. The molecule has 3 nitrogen and oxygen atoms in total. The van der Waals surface area contributed by atoms with Gasteiger partial charge in [-0.25, -0.2) is 8.57 Å². The number of benzene rings is 2. The van der Waals surface area contributed by atoms with Crippen molar-refractivity contribution in [3.63, 3.8) is 0 Å². The normalized spacial score (nSPS) is 19.9. The van der Waals surface area contributed by atoms with Crippen LogP contribution in [0.1, 0.15) is 26.2 Å². The Hall–Kier alpha value is -1.56. The van der Waals surface area contributed by atoms with Gasteiger partial charge in [-0.15, -0.1) is 11.8 Å². The maximum absolute atomic E-state index is 14.1. The van der Waals surface area contributed by atoms with Gasteiger partial charge in [-0.05, 0) is 56.0 Å². The topological polar surface area (TPSA) is 49.7 Å². The molecule has 0 heterocycles. The maximum Gasteiger partial charge on any atom is 0.129 e. The lowest BCUT2D eigenvalue weighted by Gasteiger charge is -2.35. The van der Waals surface area contributed by atoms with Crippen LogP contribution in [0.2, 0.25) is 0 Å². The van der Waals surface area contributed by atoms with Crippen LogP contribution in [0, 0.1) is 0 Å². The molecule has 5 heteroatoms. The van der Waals surface area contributed by atoms with Gasteiger partial charge in [0.25, 0.3) is 0 Å². The monoisotopic (exact) mass is 387 g/mol. The molecule has 26 heavy (non-hydrogen) atoms. The van der Waals surface area contributed by atoms with Crippen LogP contribution in [0.25, 0.3) is 0 Å². The summed E-state index contributed by atoms with van der Waals surface area (Å²) >= 11 is 1.45. The average Bonchev–Trinajstić information content (AvgIpc) is 3.23. The summed E-state index contributed by atoms with van der Waals surface area (Å²) in [6.07, 6.45) is 4.93. The van der Waals surface area contributed by atoms with Gasteiger partial charge >= 0.3 is 0 Å². The first-order chi connectivity index (χ1) is 12.5. The standard InChI is InChI=1S/C21H25NO2S2/c1-21(23,17-11-9-10-12-17)20(25-18-13-5-3-6-14-18)26(24,22-2)19-15-7-4-8-16-19/h3-8,11,13-16,20,23H,9-10,12H2,1-2H3. The first-order valence-corrected chi connectivity index (χ1v) is 11.3. The largest absolute Gasteiger partial charge is 0.384 e. The van der Waals surface area contributed by atoms with Crippen molar-refractivity contribution in [1.82, 2.24) is 0 Å². The Labute approximate surface area is 160 Å². The Morgan fingerprint density at radius 2 is 1.73 bits per heavy atom. The zero-order valence-electron chi connectivity index (χ0n) is 15.2. The summed E-state index contributed by atoms with van der Waals surface area (Å²) in [6, 6.07) is 19.1. The predicted molar refractivity (Wildman–Crippen MR) is 110 cm³/mol. The van der Waals surface area contributed by atoms with Gasteiger partial charge in [-0.2, -0.15) is 0 Å². The number of thioether (sulfide) groups is 1. The predicted octanol–water partition coefficient (Wildman–Crippen LogP) is 5.12. The summed E-state index contributed by atoms with van der Waals surface area (Å²) in [4.78, 5) is 1.64. The second kappa shape index (κ2) is 7.99. The molecule has 0 spiro atoms. The van der Waals surface area contributed by atoms with Crippen molar-refractivity contribution in [3.05, 3.63) is 72.3 Å². The second-order valence-electron chi connectivity index (χ2n) is 6.60. The van der Waals surface area contributed by atoms with Crippen LogP contribution in [0.3, 0.4) is 0 Å². The third-order valence-corrected chi connectivity index (χ3v) is 9.60. The maximum atomic E-state index is 14.1. The number of rotatable bonds is 6. The quantitative estimate of drug-likeness (QED) is 0.553. The molecule has 3 rings (SSSR count). The molecule has 0 fully saturated rings. The summed E-state index contributed by atoms with van der Waals surface area (Å²) < 4.78 is 17.8. The molecule has 0 saturated heterocycles. The van der Waals surface area contributed by atoms with E-state index in [0.717, 1.165) is 29.7 Å². The molecular formula is C21H25NO2S2. The van der Waals surface area contributed by atoms with Gasteiger partial charge in [0.2, 0.25) is 0 Å². The molecule has 0 amide bonds. The molecule has 2 aromatic rings. The zero-order chi connectivity index (χ0) is 18.6. The summed E-state index contributed by atoms with van der Waals surface area (Å²) in [5.41, 5.74) is -0.234. The minimum Gasteiger partial charge on any atom is -0.384 e. The van der Waals surface area contributed by atoms with Crippen LogP contribution < -0.4 is 0 Å². The highest BCUT2D eigenvalue weighted by atomic mass is 32.3. The van der Waals surface area contributed by atoms with Crippen molar-refractivity contribution < 1.29 is 9.32 Å². The fourth-order valence-corrected chi connectivity index (χ4v) is 7.69. The molecule has 0 aromatic heterocycles. The molecule has 0 saturated carbocycles. The van der Waals surface area contributed by atoms with Crippen LogP contribution in [-0.2, 0) is 9.73 Å². The van der Waals surface area contributed by atoms with E-state index in [0.29, 0.717) is 4.90 Å². The number of nitrogens with zero attached hydrogens (tertiary/aromatic N) is 1. The van der Waals surface area contributed by atoms with Gasteiger partial charge in [-0.3, -0.25) is 0 Å². The van der Waals surface area contributed by atoms with Crippen LogP contribution in [0.15, 0.2) is 86.5 Å². The van der Waals surface area contributed by atoms with E-state index in [-0.39, 0.29) is 0 Å². The Morgan fingerprint density at radius 3 is 2.27 bits per heavy atom. The van der Waals surface area contributed by atoms with Gasteiger partial charge in [0.05, 0.1) is 9.73 Å². The van der Waals surface area contributed by atoms with Crippen molar-refractivity contribution in [2.45, 2.75) is 46.2 Å². The molecule has 138 valence electrons. The summed E-state index contributed by atoms with van der Waals surface area (Å²) in [5, 5.41) is 11.5. The Bertz CT molecular complexity index is 883. The average molecular weight is 388 g/mol. The molecule has 1 N–H and O–H groups in total. The lowest BCUT2D eigenvalue weighted by atomic mass is 9.97. The van der Waals surface area contributed by atoms with E-state index >= 15 is 0 Å². The van der Waals surface area contributed by atoms with E-state index in [1.807, 2.05) is 60.7 Å². The lowest BCUT2D eigenvalue weighted by Crippen LogP contribution is -2.43. The van der Waals surface area contributed by atoms with Gasteiger partial charge in [0.1, 0.15) is 10.2 Å². The molecule has 0 aliphatic heterocycles. The van der Waals surface area contributed by atoms with Crippen molar-refractivity contribution in [1.29, 1.82) is 0 Å². The third-order valence-electron chi connectivity index (χ3n) is 4.78. The smallest absolute Gasteiger partial charge is 0.129 e. The summed E-state index contributed by atoms with van der Waals surface area (Å²) in [6.45, 7) is 1.79. The van der Waals surface area contributed by atoms with Crippen molar-refractivity contribution >= 4 is 21.5 Å². The fourth-order valence-electron chi connectivity index (χ4n) is 3.34. The zero-order valence-corrected chi connectivity index (χ0v) is 16.8. The van der Waals surface area contributed by atoms with E-state index in [1.165, 1.54) is 11.8 Å². The van der Waals surface area contributed by atoms with Crippen LogP contribution in [0.5, 0.6) is 0 Å². The molecule has 3 atom stereocenters. The first kappa shape index (κ1) is 19.2. The molecule has 3 unspecified atom stereocenters. The van der Waals surface area contributed by atoms with Crippen LogP contribution in [-0.4, -0.2) is 26.5 Å². The van der Waals surface area contributed by atoms with Crippen molar-refractivity contribution in [3.8, 4) is 0 Å². The molecule has 0 bridgehead atoms. The van der Waals surface area contributed by atoms with E-state index in [1.54, 1.807) is 14.0 Å².